The van der Waals surface area contributed by atoms with Gasteiger partial charge in [-0.05, 0) is 37.5 Å². The van der Waals surface area contributed by atoms with Crippen molar-refractivity contribution in [1.29, 1.82) is 0 Å². The maximum atomic E-state index is 13.0. The van der Waals surface area contributed by atoms with E-state index in [0.717, 1.165) is 5.56 Å². The van der Waals surface area contributed by atoms with Crippen molar-refractivity contribution in [3.05, 3.63) is 23.8 Å². The number of benzene rings is 1. The van der Waals surface area contributed by atoms with E-state index in [1.54, 1.807) is 13.0 Å². The minimum Gasteiger partial charge on any atom is -0.506 e. The molecule has 1 aliphatic carbocycles. The van der Waals surface area contributed by atoms with Crippen LogP contribution in [0.3, 0.4) is 0 Å². The molecule has 0 heterocycles. The number of amides is 1. The Kier molecular flexibility index (Phi) is 4.44. The summed E-state index contributed by atoms with van der Waals surface area (Å²) in [7, 11) is 0. The molecule has 2 unspecified atom stereocenters. The van der Waals surface area contributed by atoms with Crippen LogP contribution in [-0.2, 0) is 4.79 Å². The van der Waals surface area contributed by atoms with Crippen LogP contribution in [-0.4, -0.2) is 17.2 Å². The van der Waals surface area contributed by atoms with E-state index >= 15 is 0 Å². The lowest BCUT2D eigenvalue weighted by molar-refractivity contribution is -0.197. The van der Waals surface area contributed by atoms with Gasteiger partial charge >= 0.3 is 6.18 Å². The molecule has 2 rings (SSSR count). The molecular formula is C15H18F3NO2. The van der Waals surface area contributed by atoms with E-state index in [-0.39, 0.29) is 24.3 Å². The van der Waals surface area contributed by atoms with Gasteiger partial charge in [-0.2, -0.15) is 13.2 Å². The summed E-state index contributed by atoms with van der Waals surface area (Å²) >= 11 is 0. The van der Waals surface area contributed by atoms with Crippen molar-refractivity contribution in [2.24, 2.45) is 11.8 Å². The van der Waals surface area contributed by atoms with Gasteiger partial charge in [0.1, 0.15) is 5.75 Å². The number of carbonyl (C=O) groups excluding carboxylic acids is 1. The molecule has 2 atom stereocenters. The quantitative estimate of drug-likeness (QED) is 0.811. The van der Waals surface area contributed by atoms with Gasteiger partial charge in [0.25, 0.3) is 0 Å². The Bertz CT molecular complexity index is 528. The van der Waals surface area contributed by atoms with Crippen LogP contribution in [0.1, 0.15) is 31.2 Å². The maximum Gasteiger partial charge on any atom is 0.392 e. The molecule has 2 N–H and O–H groups in total. The molecule has 1 saturated carbocycles. The minimum atomic E-state index is -4.36. The van der Waals surface area contributed by atoms with Crippen molar-refractivity contribution in [2.75, 3.05) is 5.32 Å². The zero-order valence-electron chi connectivity index (χ0n) is 11.7. The highest BCUT2D eigenvalue weighted by Gasteiger charge is 2.48. The highest BCUT2D eigenvalue weighted by atomic mass is 19.4. The molecule has 0 saturated heterocycles. The summed E-state index contributed by atoms with van der Waals surface area (Å²) in [5.41, 5.74) is 0.952. The smallest absolute Gasteiger partial charge is 0.392 e. The zero-order chi connectivity index (χ0) is 15.6. The van der Waals surface area contributed by atoms with Crippen molar-refractivity contribution < 1.29 is 23.1 Å². The second-order valence-electron chi connectivity index (χ2n) is 5.55. The Hall–Kier alpha value is -1.72. The normalized spacial score (nSPS) is 22.9. The number of nitrogens with one attached hydrogen (secondary N) is 1. The van der Waals surface area contributed by atoms with Gasteiger partial charge in [0.2, 0.25) is 5.91 Å². The molecule has 0 radical (unpaired) electrons. The Morgan fingerprint density at radius 2 is 1.95 bits per heavy atom. The number of hydrogen-bond donors (Lipinski definition) is 2. The van der Waals surface area contributed by atoms with E-state index in [0.29, 0.717) is 12.8 Å². The van der Waals surface area contributed by atoms with Crippen LogP contribution < -0.4 is 5.32 Å². The van der Waals surface area contributed by atoms with E-state index in [4.69, 9.17) is 0 Å². The first kappa shape index (κ1) is 15.7. The summed E-state index contributed by atoms with van der Waals surface area (Å²) in [6.07, 6.45) is -3.05. The van der Waals surface area contributed by atoms with Crippen LogP contribution in [0.25, 0.3) is 0 Å². The molecule has 1 amide bonds. The lowest BCUT2D eigenvalue weighted by Crippen LogP contribution is -2.39. The fourth-order valence-corrected chi connectivity index (χ4v) is 2.81. The number of phenols is 1. The largest absolute Gasteiger partial charge is 0.506 e. The van der Waals surface area contributed by atoms with Gasteiger partial charge in [-0.1, -0.05) is 18.9 Å². The standard InChI is InChI=1S/C15H18F3NO2/c1-9-6-7-12(13(20)8-9)19-14(21)10-4-2-3-5-11(10)15(16,17)18/h6-8,10-11,20H,2-5H2,1H3,(H,19,21). The number of halogens is 3. The number of aromatic hydroxyl groups is 1. The number of anilines is 1. The first-order chi connectivity index (χ1) is 9.79. The number of phenolic OH excluding ortho intramolecular Hbond substituents is 1. The van der Waals surface area contributed by atoms with E-state index in [2.05, 4.69) is 5.32 Å². The van der Waals surface area contributed by atoms with Crippen molar-refractivity contribution in [3.8, 4) is 5.75 Å². The van der Waals surface area contributed by atoms with Gasteiger partial charge in [0.05, 0.1) is 11.6 Å². The number of alkyl halides is 3. The predicted molar refractivity (Wildman–Crippen MR) is 73.0 cm³/mol. The van der Waals surface area contributed by atoms with Crippen LogP contribution in [0.2, 0.25) is 0 Å². The summed E-state index contributed by atoms with van der Waals surface area (Å²) in [5, 5.41) is 12.1. The summed E-state index contributed by atoms with van der Waals surface area (Å²) < 4.78 is 39.0. The van der Waals surface area contributed by atoms with Crippen molar-refractivity contribution in [3.63, 3.8) is 0 Å². The Morgan fingerprint density at radius 1 is 1.29 bits per heavy atom. The molecule has 3 nitrogen and oxygen atoms in total. The van der Waals surface area contributed by atoms with Gasteiger partial charge in [-0.3, -0.25) is 4.79 Å². The summed E-state index contributed by atoms with van der Waals surface area (Å²) in [6, 6.07) is 4.63. The van der Waals surface area contributed by atoms with Gasteiger partial charge in [-0.25, -0.2) is 0 Å². The second-order valence-corrected chi connectivity index (χ2v) is 5.55. The second kappa shape index (κ2) is 5.95. The first-order valence-corrected chi connectivity index (χ1v) is 6.96. The molecule has 1 aromatic carbocycles. The number of carbonyl (C=O) groups is 1. The van der Waals surface area contributed by atoms with E-state index < -0.39 is 23.9 Å². The Morgan fingerprint density at radius 3 is 2.57 bits per heavy atom. The lowest BCUT2D eigenvalue weighted by atomic mass is 9.78. The molecule has 0 aromatic heterocycles. The van der Waals surface area contributed by atoms with Crippen LogP contribution in [0.15, 0.2) is 18.2 Å². The van der Waals surface area contributed by atoms with Gasteiger partial charge in [-0.15, -0.1) is 0 Å². The highest BCUT2D eigenvalue weighted by molar-refractivity contribution is 5.94. The number of hydrogen-bond acceptors (Lipinski definition) is 2. The van der Waals surface area contributed by atoms with Crippen LogP contribution in [0, 0.1) is 18.8 Å². The molecule has 1 aromatic rings. The molecule has 6 heteroatoms. The highest BCUT2D eigenvalue weighted by Crippen LogP contribution is 2.42. The van der Waals surface area contributed by atoms with E-state index in [9.17, 15) is 23.1 Å². The number of rotatable bonds is 2. The summed E-state index contributed by atoms with van der Waals surface area (Å²) in [6.45, 7) is 1.77. The third-order valence-electron chi connectivity index (χ3n) is 3.93. The average molecular weight is 301 g/mol. The van der Waals surface area contributed by atoms with Crippen molar-refractivity contribution in [2.45, 2.75) is 38.8 Å². The first-order valence-electron chi connectivity index (χ1n) is 6.96. The fourth-order valence-electron chi connectivity index (χ4n) is 2.81. The van der Waals surface area contributed by atoms with E-state index in [1.165, 1.54) is 12.1 Å². The predicted octanol–water partition coefficient (Wildman–Crippen LogP) is 4.01. The molecule has 21 heavy (non-hydrogen) atoms. The van der Waals surface area contributed by atoms with Crippen LogP contribution >= 0.6 is 0 Å². The van der Waals surface area contributed by atoms with Gasteiger partial charge < -0.3 is 10.4 Å². The SMILES string of the molecule is Cc1ccc(NC(=O)C2CCCCC2C(F)(F)F)c(O)c1. The van der Waals surface area contributed by atoms with E-state index in [1.807, 2.05) is 0 Å². The molecular weight excluding hydrogens is 283 g/mol. The lowest BCUT2D eigenvalue weighted by Gasteiger charge is -2.32. The Balaban J connectivity index is 2.14. The topological polar surface area (TPSA) is 49.3 Å². The monoisotopic (exact) mass is 301 g/mol. The Labute approximate surface area is 121 Å². The fraction of sp³-hybridized carbons (Fsp3) is 0.533. The third-order valence-corrected chi connectivity index (χ3v) is 3.93. The van der Waals surface area contributed by atoms with Crippen molar-refractivity contribution in [1.82, 2.24) is 0 Å². The molecule has 0 spiro atoms. The molecule has 116 valence electrons. The maximum absolute atomic E-state index is 13.0. The summed E-state index contributed by atoms with van der Waals surface area (Å²) in [5.74, 6) is -3.49. The van der Waals surface area contributed by atoms with Crippen LogP contribution in [0.5, 0.6) is 5.75 Å². The van der Waals surface area contributed by atoms with Crippen molar-refractivity contribution >= 4 is 11.6 Å². The molecule has 0 bridgehead atoms. The number of aryl methyl sites for hydroxylation is 1. The zero-order valence-corrected chi connectivity index (χ0v) is 11.7. The molecule has 0 aliphatic heterocycles. The summed E-state index contributed by atoms with van der Waals surface area (Å²) in [4.78, 5) is 12.1. The molecule has 1 fully saturated rings. The van der Waals surface area contributed by atoms with Gasteiger partial charge in [0, 0.05) is 5.92 Å². The minimum absolute atomic E-state index is 0.0124. The van der Waals surface area contributed by atoms with Gasteiger partial charge in [0.15, 0.2) is 0 Å². The third kappa shape index (κ3) is 3.68. The molecule has 1 aliphatic rings. The van der Waals surface area contributed by atoms with Crippen LogP contribution in [0.4, 0.5) is 18.9 Å². The average Bonchev–Trinajstić information content (AvgIpc) is 2.41.